The van der Waals surface area contributed by atoms with E-state index >= 15 is 0 Å². The summed E-state index contributed by atoms with van der Waals surface area (Å²) in [5.41, 5.74) is 4.18. The number of piperidine rings is 1. The number of likely N-dealkylation sites (tertiary alicyclic amines) is 1. The van der Waals surface area contributed by atoms with E-state index in [0.29, 0.717) is 60.5 Å². The molecule has 0 spiro atoms. The summed E-state index contributed by atoms with van der Waals surface area (Å²) >= 11 is 0. The highest BCUT2D eigenvalue weighted by atomic mass is 32.2. The summed E-state index contributed by atoms with van der Waals surface area (Å²) < 4.78 is 29.8. The number of pyridine rings is 2. The Morgan fingerprint density at radius 3 is 2.34 bits per heavy atom. The molecular weight excluding hydrogens is 578 g/mol. The van der Waals surface area contributed by atoms with Crippen molar-refractivity contribution in [3.05, 3.63) is 113 Å². The molecule has 5 rings (SSSR count). The zero-order chi connectivity index (χ0) is 31.3. The molecule has 1 N–H and O–H groups in total. The lowest BCUT2D eigenvalue weighted by Gasteiger charge is -2.32. The van der Waals surface area contributed by atoms with Crippen molar-refractivity contribution in [1.29, 1.82) is 5.26 Å². The molecule has 10 nitrogen and oxygen atoms in total. The number of nitriles is 1. The molecule has 0 radical (unpaired) electrons. The fourth-order valence-corrected chi connectivity index (χ4v) is 5.97. The smallest absolute Gasteiger partial charge is 0.272 e. The lowest BCUT2D eigenvalue weighted by molar-refractivity contribution is 0.0589. The van der Waals surface area contributed by atoms with Gasteiger partial charge in [0.25, 0.3) is 11.8 Å². The average Bonchev–Trinajstić information content (AvgIpc) is 3.02. The third-order valence-electron chi connectivity index (χ3n) is 7.37. The van der Waals surface area contributed by atoms with Crippen molar-refractivity contribution in [1.82, 2.24) is 14.9 Å². The van der Waals surface area contributed by atoms with Gasteiger partial charge in [-0.2, -0.15) is 5.26 Å². The number of sulfone groups is 1. The van der Waals surface area contributed by atoms with Crippen LogP contribution in [0.3, 0.4) is 0 Å². The lowest BCUT2D eigenvalue weighted by Crippen LogP contribution is -2.42. The van der Waals surface area contributed by atoms with E-state index in [1.54, 1.807) is 66.6 Å². The predicted octanol–water partition coefficient (Wildman–Crippen LogP) is 4.59. The van der Waals surface area contributed by atoms with Crippen LogP contribution in [0.2, 0.25) is 0 Å². The normalized spacial score (nSPS) is 13.6. The number of rotatable bonds is 8. The highest BCUT2D eigenvalue weighted by Gasteiger charge is 2.26. The second-order valence-electron chi connectivity index (χ2n) is 10.7. The highest BCUT2D eigenvalue weighted by Crippen LogP contribution is 2.25. The molecule has 1 aliphatic heterocycles. The van der Waals surface area contributed by atoms with Gasteiger partial charge in [-0.05, 0) is 72.6 Å². The second-order valence-corrected chi connectivity index (χ2v) is 12.7. The van der Waals surface area contributed by atoms with Crippen LogP contribution >= 0.6 is 0 Å². The van der Waals surface area contributed by atoms with Crippen LogP contribution in [0.4, 0.5) is 5.69 Å². The number of ether oxygens (including phenoxy) is 1. The maximum Gasteiger partial charge on any atom is 0.272 e. The zero-order valence-corrected chi connectivity index (χ0v) is 25.2. The molecule has 4 aromatic rings. The van der Waals surface area contributed by atoms with Crippen molar-refractivity contribution >= 4 is 27.3 Å². The van der Waals surface area contributed by atoms with Crippen LogP contribution in [-0.2, 0) is 16.3 Å². The Kier molecular flexibility index (Phi) is 9.01. The molecule has 2 aromatic heterocycles. The second kappa shape index (κ2) is 13.1. The van der Waals surface area contributed by atoms with Gasteiger partial charge in [0, 0.05) is 50.5 Å². The van der Waals surface area contributed by atoms with Gasteiger partial charge in [-0.1, -0.05) is 12.1 Å². The molecule has 0 aliphatic carbocycles. The number of nitrogens with one attached hydrogen (secondary N) is 1. The van der Waals surface area contributed by atoms with Gasteiger partial charge in [-0.3, -0.25) is 19.6 Å². The minimum absolute atomic E-state index is 0.0962. The maximum absolute atomic E-state index is 13.1. The number of aromatic nitrogens is 2. The number of hydrogen-bond acceptors (Lipinski definition) is 8. The van der Waals surface area contributed by atoms with Crippen LogP contribution in [0.25, 0.3) is 0 Å². The number of carbonyl (C=O) groups is 2. The van der Waals surface area contributed by atoms with E-state index in [2.05, 4.69) is 21.4 Å². The number of carbonyl (C=O) groups excluding carboxylic acids is 2. The average molecular weight is 610 g/mol. The number of nitrogens with zero attached hydrogens (tertiary/aromatic N) is 4. The standard InChI is InChI=1S/C33H31N5O5S/c1-22-17-29(10-12-31(22)44(2,41)42)43-28-13-15-38(16-14-28)33(40)30-11-7-25(20-36-30)32(39)37-27-9-8-26(35-21-27)18-23-3-5-24(19-34)6-4-23/h3-12,17,20-21,28H,13-16,18H2,1-2H3,(H,37,39). The van der Waals surface area contributed by atoms with Crippen LogP contribution in [0.1, 0.15) is 56.1 Å². The van der Waals surface area contributed by atoms with Gasteiger partial charge in [-0.25, -0.2) is 8.42 Å². The van der Waals surface area contributed by atoms with Gasteiger partial charge in [0.1, 0.15) is 17.5 Å². The minimum Gasteiger partial charge on any atom is -0.490 e. The molecule has 0 bridgehead atoms. The summed E-state index contributed by atoms with van der Waals surface area (Å²) in [6.45, 7) is 2.71. The summed E-state index contributed by atoms with van der Waals surface area (Å²) in [5, 5.41) is 11.7. The predicted molar refractivity (Wildman–Crippen MR) is 164 cm³/mol. The Labute approximate surface area is 256 Å². The molecule has 1 aliphatic rings. The number of benzene rings is 2. The van der Waals surface area contributed by atoms with E-state index in [9.17, 15) is 18.0 Å². The van der Waals surface area contributed by atoms with Crippen LogP contribution in [0.15, 0.2) is 84.0 Å². The quantitative estimate of drug-likeness (QED) is 0.306. The molecule has 3 heterocycles. The Morgan fingerprint density at radius 1 is 1.00 bits per heavy atom. The molecule has 44 heavy (non-hydrogen) atoms. The molecule has 1 fully saturated rings. The van der Waals surface area contributed by atoms with Gasteiger partial charge in [0.15, 0.2) is 9.84 Å². The molecule has 224 valence electrons. The summed E-state index contributed by atoms with van der Waals surface area (Å²) in [4.78, 5) is 36.5. The van der Waals surface area contributed by atoms with Gasteiger partial charge in [0.2, 0.25) is 0 Å². The summed E-state index contributed by atoms with van der Waals surface area (Å²) in [6.07, 6.45) is 5.90. The van der Waals surface area contributed by atoms with Crippen molar-refractivity contribution in [2.75, 3.05) is 24.7 Å². The molecule has 2 amide bonds. The first kappa shape index (κ1) is 30.4. The third kappa shape index (κ3) is 7.46. The fourth-order valence-electron chi connectivity index (χ4n) is 5.01. The summed E-state index contributed by atoms with van der Waals surface area (Å²) in [6, 6.07) is 21.1. The fraction of sp³-hybridized carbons (Fsp3) is 0.242. The molecule has 1 saturated heterocycles. The first-order valence-corrected chi connectivity index (χ1v) is 16.0. The highest BCUT2D eigenvalue weighted by molar-refractivity contribution is 7.90. The molecule has 11 heteroatoms. The number of aryl methyl sites for hydroxylation is 1. The largest absolute Gasteiger partial charge is 0.490 e. The minimum atomic E-state index is -3.30. The van der Waals surface area contributed by atoms with E-state index in [1.807, 2.05) is 18.2 Å². The Morgan fingerprint density at radius 2 is 1.75 bits per heavy atom. The van der Waals surface area contributed by atoms with E-state index in [4.69, 9.17) is 10.00 Å². The number of anilines is 1. The van der Waals surface area contributed by atoms with Gasteiger partial charge in [-0.15, -0.1) is 0 Å². The first-order valence-electron chi connectivity index (χ1n) is 14.1. The number of amides is 2. The Balaban J connectivity index is 1.11. The van der Waals surface area contributed by atoms with Crippen molar-refractivity contribution in [2.45, 2.75) is 37.2 Å². The topological polar surface area (TPSA) is 142 Å². The summed E-state index contributed by atoms with van der Waals surface area (Å²) in [5.74, 6) is 0.0201. The third-order valence-corrected chi connectivity index (χ3v) is 8.63. The molecule has 2 aromatic carbocycles. The van der Waals surface area contributed by atoms with Gasteiger partial charge < -0.3 is 15.0 Å². The van der Waals surface area contributed by atoms with Gasteiger partial charge in [0.05, 0.1) is 34.0 Å². The van der Waals surface area contributed by atoms with Crippen molar-refractivity contribution in [3.8, 4) is 11.8 Å². The Bertz CT molecular complexity index is 1810. The van der Waals surface area contributed by atoms with Crippen LogP contribution in [-0.4, -0.2) is 60.5 Å². The lowest BCUT2D eigenvalue weighted by atomic mass is 10.1. The van der Waals surface area contributed by atoms with Crippen LogP contribution in [0.5, 0.6) is 5.75 Å². The van der Waals surface area contributed by atoms with Crippen molar-refractivity contribution in [2.24, 2.45) is 0 Å². The van der Waals surface area contributed by atoms with E-state index in [1.165, 1.54) is 12.5 Å². The van der Waals surface area contributed by atoms with Gasteiger partial charge >= 0.3 is 0 Å². The Hall–Kier alpha value is -5.08. The maximum atomic E-state index is 13.1. The van der Waals surface area contributed by atoms with E-state index in [0.717, 1.165) is 11.3 Å². The molecule has 0 unspecified atom stereocenters. The summed E-state index contributed by atoms with van der Waals surface area (Å²) in [7, 11) is -3.30. The number of hydrogen-bond donors (Lipinski definition) is 1. The molecule has 0 saturated carbocycles. The molecular formula is C33H31N5O5S. The zero-order valence-electron chi connectivity index (χ0n) is 24.4. The first-order chi connectivity index (χ1) is 21.1. The SMILES string of the molecule is Cc1cc(OC2CCN(C(=O)c3ccc(C(=O)Nc4ccc(Cc5ccc(C#N)cc5)nc4)cn3)CC2)ccc1S(C)(=O)=O. The van der Waals surface area contributed by atoms with Crippen LogP contribution < -0.4 is 10.1 Å². The monoisotopic (exact) mass is 609 g/mol. The van der Waals surface area contributed by atoms with E-state index < -0.39 is 9.84 Å². The molecule has 0 atom stereocenters. The van der Waals surface area contributed by atoms with E-state index in [-0.39, 0.29) is 28.5 Å². The van der Waals surface area contributed by atoms with Crippen molar-refractivity contribution in [3.63, 3.8) is 0 Å². The van der Waals surface area contributed by atoms with Crippen molar-refractivity contribution < 1.29 is 22.7 Å². The van der Waals surface area contributed by atoms with Crippen LogP contribution in [0, 0.1) is 18.3 Å².